The van der Waals surface area contributed by atoms with Gasteiger partial charge in [-0.3, -0.25) is 4.79 Å². The van der Waals surface area contributed by atoms with Crippen LogP contribution in [0.15, 0.2) is 24.3 Å². The Labute approximate surface area is 147 Å². The Bertz CT molecular complexity index is 655. The number of nitrogens with zero attached hydrogens (tertiary/aromatic N) is 1. The molecule has 1 saturated heterocycles. The molecule has 7 heteroatoms. The monoisotopic (exact) mass is 348 g/mol. The van der Waals surface area contributed by atoms with Crippen LogP contribution in [0.5, 0.6) is 11.5 Å². The average molecular weight is 348 g/mol. The number of alkyl carbamates (subject to hydrolysis) is 1. The van der Waals surface area contributed by atoms with Crippen LogP contribution in [0.3, 0.4) is 0 Å². The van der Waals surface area contributed by atoms with Crippen LogP contribution in [-0.2, 0) is 9.53 Å². The molecule has 0 aliphatic carbocycles. The summed E-state index contributed by atoms with van der Waals surface area (Å²) in [5.74, 6) is 1.11. The molecule has 136 valence electrons. The summed E-state index contributed by atoms with van der Waals surface area (Å²) in [6.07, 6.45) is -0.428. The van der Waals surface area contributed by atoms with Crippen molar-refractivity contribution in [2.24, 2.45) is 0 Å². The quantitative estimate of drug-likeness (QED) is 0.884. The maximum absolute atomic E-state index is 12.6. The second kappa shape index (κ2) is 6.82. The van der Waals surface area contributed by atoms with E-state index in [1.165, 1.54) is 0 Å². The minimum atomic E-state index is -0.657. The standard InChI is InChI=1S/C18H24N2O5/c1-18(2,3)25-17(22)19-12-8-9-20(10-12)16(21)15-11-23-13-6-4-5-7-14(13)24-15/h4-7,12,15H,8-11H2,1-3H3,(H,19,22)/t12-,15+/m0/s1. The van der Waals surface area contributed by atoms with E-state index in [1.807, 2.05) is 39.0 Å². The number of fused-ring (bicyclic) bond motifs is 1. The van der Waals surface area contributed by atoms with Gasteiger partial charge in [0.2, 0.25) is 6.10 Å². The highest BCUT2D eigenvalue weighted by Crippen LogP contribution is 2.31. The first-order valence-electron chi connectivity index (χ1n) is 8.48. The maximum Gasteiger partial charge on any atom is 0.407 e. The summed E-state index contributed by atoms with van der Waals surface area (Å²) in [4.78, 5) is 26.2. The van der Waals surface area contributed by atoms with E-state index in [0.717, 1.165) is 0 Å². The van der Waals surface area contributed by atoms with Crippen LogP contribution in [0.25, 0.3) is 0 Å². The Balaban J connectivity index is 1.52. The van der Waals surface area contributed by atoms with Crippen LogP contribution in [0.2, 0.25) is 0 Å². The number of carbonyl (C=O) groups is 2. The molecule has 1 N–H and O–H groups in total. The molecular weight excluding hydrogens is 324 g/mol. The van der Waals surface area contributed by atoms with Crippen LogP contribution >= 0.6 is 0 Å². The highest BCUT2D eigenvalue weighted by atomic mass is 16.6. The number of hydrogen-bond donors (Lipinski definition) is 1. The Morgan fingerprint density at radius 2 is 1.96 bits per heavy atom. The SMILES string of the molecule is CC(C)(C)OC(=O)N[C@H]1CCN(C(=O)[C@H]2COc3ccccc3O2)C1. The molecule has 2 aliphatic heterocycles. The molecule has 1 aromatic carbocycles. The summed E-state index contributed by atoms with van der Waals surface area (Å²) in [7, 11) is 0. The largest absolute Gasteiger partial charge is 0.485 e. The van der Waals surface area contributed by atoms with Crippen LogP contribution in [0, 0.1) is 0 Å². The Morgan fingerprint density at radius 1 is 1.24 bits per heavy atom. The molecular formula is C18H24N2O5. The Morgan fingerprint density at radius 3 is 2.68 bits per heavy atom. The zero-order chi connectivity index (χ0) is 18.0. The molecule has 0 saturated carbocycles. The van der Waals surface area contributed by atoms with E-state index in [2.05, 4.69) is 5.32 Å². The van der Waals surface area contributed by atoms with Crippen LogP contribution < -0.4 is 14.8 Å². The van der Waals surface area contributed by atoms with E-state index in [9.17, 15) is 9.59 Å². The third-order valence-electron chi connectivity index (χ3n) is 4.00. The third-order valence-corrected chi connectivity index (χ3v) is 4.00. The van der Waals surface area contributed by atoms with Crippen molar-refractivity contribution in [1.82, 2.24) is 10.2 Å². The lowest BCUT2D eigenvalue weighted by Crippen LogP contribution is -2.47. The molecule has 0 bridgehead atoms. The van der Waals surface area contributed by atoms with Gasteiger partial charge < -0.3 is 24.4 Å². The Kier molecular flexibility index (Phi) is 4.74. The Hall–Kier alpha value is -2.44. The van der Waals surface area contributed by atoms with Gasteiger partial charge in [0.1, 0.15) is 12.2 Å². The van der Waals surface area contributed by atoms with Gasteiger partial charge in [-0.15, -0.1) is 0 Å². The molecule has 0 aromatic heterocycles. The number of amides is 2. The van der Waals surface area contributed by atoms with E-state index in [0.29, 0.717) is 31.0 Å². The number of benzene rings is 1. The van der Waals surface area contributed by atoms with E-state index in [1.54, 1.807) is 11.0 Å². The second-order valence-electron chi connectivity index (χ2n) is 7.28. The fourth-order valence-corrected chi connectivity index (χ4v) is 2.90. The number of ether oxygens (including phenoxy) is 3. The molecule has 1 aromatic rings. The lowest BCUT2D eigenvalue weighted by Gasteiger charge is -2.28. The lowest BCUT2D eigenvalue weighted by molar-refractivity contribution is -0.140. The molecule has 2 aliphatic rings. The summed E-state index contributed by atoms with van der Waals surface area (Å²) >= 11 is 0. The molecule has 25 heavy (non-hydrogen) atoms. The molecule has 7 nitrogen and oxygen atoms in total. The van der Waals surface area contributed by atoms with Gasteiger partial charge >= 0.3 is 6.09 Å². The van der Waals surface area contributed by atoms with E-state index >= 15 is 0 Å². The topological polar surface area (TPSA) is 77.1 Å². The van der Waals surface area contributed by atoms with Gasteiger partial charge in [-0.2, -0.15) is 0 Å². The van der Waals surface area contributed by atoms with Crippen molar-refractivity contribution in [3.05, 3.63) is 24.3 Å². The van der Waals surface area contributed by atoms with Gasteiger partial charge in [-0.25, -0.2) is 4.79 Å². The number of para-hydroxylation sites is 2. The summed E-state index contributed by atoms with van der Waals surface area (Å²) in [6, 6.07) is 7.18. The highest BCUT2D eigenvalue weighted by Gasteiger charge is 2.35. The zero-order valence-corrected chi connectivity index (χ0v) is 14.8. The number of likely N-dealkylation sites (tertiary alicyclic amines) is 1. The number of rotatable bonds is 2. The van der Waals surface area contributed by atoms with Gasteiger partial charge in [0, 0.05) is 13.1 Å². The highest BCUT2D eigenvalue weighted by molar-refractivity contribution is 5.82. The lowest BCUT2D eigenvalue weighted by atomic mass is 10.2. The first-order chi connectivity index (χ1) is 11.8. The van der Waals surface area contributed by atoms with Crippen molar-refractivity contribution < 1.29 is 23.8 Å². The first kappa shape index (κ1) is 17.4. The number of carbonyl (C=O) groups excluding carboxylic acids is 2. The molecule has 2 amide bonds. The normalized spacial score (nSPS) is 22.4. The smallest absolute Gasteiger partial charge is 0.407 e. The van der Waals surface area contributed by atoms with Gasteiger partial charge in [-0.1, -0.05) is 12.1 Å². The average Bonchev–Trinajstić information content (AvgIpc) is 3.00. The summed E-state index contributed by atoms with van der Waals surface area (Å²) < 4.78 is 16.6. The summed E-state index contributed by atoms with van der Waals surface area (Å²) in [5.41, 5.74) is -0.543. The number of hydrogen-bond acceptors (Lipinski definition) is 5. The van der Waals surface area contributed by atoms with Crippen molar-refractivity contribution in [3.8, 4) is 11.5 Å². The zero-order valence-electron chi connectivity index (χ0n) is 14.8. The van der Waals surface area contributed by atoms with Gasteiger partial charge in [-0.05, 0) is 39.3 Å². The van der Waals surface area contributed by atoms with E-state index < -0.39 is 17.8 Å². The van der Waals surface area contributed by atoms with Crippen molar-refractivity contribution in [2.75, 3.05) is 19.7 Å². The minimum absolute atomic E-state index is 0.115. The van der Waals surface area contributed by atoms with Gasteiger partial charge in [0.15, 0.2) is 11.5 Å². The van der Waals surface area contributed by atoms with E-state index in [4.69, 9.17) is 14.2 Å². The molecule has 0 radical (unpaired) electrons. The van der Waals surface area contributed by atoms with Crippen molar-refractivity contribution >= 4 is 12.0 Å². The predicted molar refractivity (Wildman–Crippen MR) is 90.7 cm³/mol. The number of nitrogens with one attached hydrogen (secondary N) is 1. The molecule has 2 heterocycles. The van der Waals surface area contributed by atoms with Gasteiger partial charge in [0.05, 0.1) is 6.04 Å². The predicted octanol–water partition coefficient (Wildman–Crippen LogP) is 1.95. The van der Waals surface area contributed by atoms with Crippen molar-refractivity contribution in [1.29, 1.82) is 0 Å². The fraction of sp³-hybridized carbons (Fsp3) is 0.556. The van der Waals surface area contributed by atoms with Gasteiger partial charge in [0.25, 0.3) is 5.91 Å². The third kappa shape index (κ3) is 4.35. The molecule has 3 rings (SSSR count). The van der Waals surface area contributed by atoms with E-state index in [-0.39, 0.29) is 18.6 Å². The summed E-state index contributed by atoms with van der Waals surface area (Å²) in [5, 5.41) is 2.81. The molecule has 1 fully saturated rings. The molecule has 0 unspecified atom stereocenters. The van der Waals surface area contributed by atoms with Crippen LogP contribution in [-0.4, -0.2) is 54.3 Å². The van der Waals surface area contributed by atoms with Crippen molar-refractivity contribution in [3.63, 3.8) is 0 Å². The van der Waals surface area contributed by atoms with Crippen molar-refractivity contribution in [2.45, 2.75) is 44.9 Å². The second-order valence-corrected chi connectivity index (χ2v) is 7.28. The maximum atomic E-state index is 12.6. The van der Waals surface area contributed by atoms with Crippen LogP contribution in [0.1, 0.15) is 27.2 Å². The first-order valence-corrected chi connectivity index (χ1v) is 8.48. The minimum Gasteiger partial charge on any atom is -0.485 e. The van der Waals surface area contributed by atoms with Crippen LogP contribution in [0.4, 0.5) is 4.79 Å². The summed E-state index contributed by atoms with van der Waals surface area (Å²) in [6.45, 7) is 6.65. The molecule has 2 atom stereocenters. The fourth-order valence-electron chi connectivity index (χ4n) is 2.90. The molecule has 0 spiro atoms.